The zero-order chi connectivity index (χ0) is 15.8. The molecule has 0 saturated heterocycles. The van der Waals surface area contributed by atoms with Crippen LogP contribution in [-0.4, -0.2) is 9.97 Å². The summed E-state index contributed by atoms with van der Waals surface area (Å²) in [5.41, 5.74) is 2.71. The molecule has 8 heteroatoms. The van der Waals surface area contributed by atoms with Crippen molar-refractivity contribution in [3.05, 3.63) is 51.2 Å². The third-order valence-electron chi connectivity index (χ3n) is 2.85. The maximum atomic E-state index is 14.3. The molecule has 0 aliphatic heterocycles. The van der Waals surface area contributed by atoms with Crippen LogP contribution >= 0.6 is 0 Å². The number of nitrogens with zero attached hydrogens (tertiary/aromatic N) is 1. The Morgan fingerprint density at radius 3 is 2.52 bits per heavy atom. The first kappa shape index (κ1) is 15.2. The molecule has 2 aromatic rings. The third kappa shape index (κ3) is 2.94. The van der Waals surface area contributed by atoms with Crippen LogP contribution in [0.5, 0.6) is 0 Å². The summed E-state index contributed by atoms with van der Waals surface area (Å²) in [6, 6.07) is 2.79. The summed E-state index contributed by atoms with van der Waals surface area (Å²) in [6.07, 6.45) is -4.79. The van der Waals surface area contributed by atoms with Crippen LogP contribution in [0.2, 0.25) is 0 Å². The van der Waals surface area contributed by atoms with Gasteiger partial charge in [0.25, 0.3) is 5.56 Å². The number of aryl methyl sites for hydroxylation is 1. The summed E-state index contributed by atoms with van der Waals surface area (Å²) in [5.74, 6) is -1.61. The minimum absolute atomic E-state index is 0.0952. The fourth-order valence-corrected chi connectivity index (χ4v) is 1.94. The lowest BCUT2D eigenvalue weighted by Crippen LogP contribution is -2.15. The van der Waals surface area contributed by atoms with E-state index < -0.39 is 34.5 Å². The van der Waals surface area contributed by atoms with E-state index in [9.17, 15) is 22.4 Å². The summed E-state index contributed by atoms with van der Waals surface area (Å²) in [7, 11) is 0. The van der Waals surface area contributed by atoms with Crippen LogP contribution in [0.15, 0.2) is 23.0 Å². The smallest absolute Gasteiger partial charge is 0.326 e. The maximum Gasteiger partial charge on any atom is 0.417 e. The molecular formula is C13H11F4N3O. The minimum atomic E-state index is -4.79. The highest BCUT2D eigenvalue weighted by molar-refractivity contribution is 5.63. The van der Waals surface area contributed by atoms with E-state index >= 15 is 0 Å². The van der Waals surface area contributed by atoms with Crippen LogP contribution in [-0.2, 0) is 12.7 Å². The highest BCUT2D eigenvalue weighted by atomic mass is 19.4. The number of halogens is 4. The van der Waals surface area contributed by atoms with Gasteiger partial charge in [0.05, 0.1) is 11.1 Å². The Bertz CT molecular complexity index is 737. The molecule has 0 unspecified atom stereocenters. The number of nitrogens with two attached hydrogens (primary N) is 1. The van der Waals surface area contributed by atoms with Gasteiger partial charge in [-0.05, 0) is 13.0 Å². The quantitative estimate of drug-likeness (QED) is 0.836. The number of benzene rings is 1. The summed E-state index contributed by atoms with van der Waals surface area (Å²) in [4.78, 5) is 17.3. The molecule has 3 N–H and O–H groups in total. The average Bonchev–Trinajstić information content (AvgIpc) is 2.35. The summed E-state index contributed by atoms with van der Waals surface area (Å²) in [5, 5.41) is 0. The SMILES string of the molecule is Cc1cc(=O)[nH]c(-c2c(C(F)(F)F)ccc(CN)c2F)n1. The lowest BCUT2D eigenvalue weighted by atomic mass is 10.0. The lowest BCUT2D eigenvalue weighted by Gasteiger charge is -2.15. The van der Waals surface area contributed by atoms with Crippen LogP contribution in [0, 0.1) is 12.7 Å². The van der Waals surface area contributed by atoms with Gasteiger partial charge < -0.3 is 10.7 Å². The van der Waals surface area contributed by atoms with Crippen molar-refractivity contribution in [2.24, 2.45) is 5.73 Å². The van der Waals surface area contributed by atoms with E-state index in [1.807, 2.05) is 0 Å². The molecule has 0 atom stereocenters. The molecule has 1 aromatic heterocycles. The van der Waals surface area contributed by atoms with Crippen LogP contribution in [0.4, 0.5) is 17.6 Å². The Hall–Kier alpha value is -2.22. The van der Waals surface area contributed by atoms with Crippen LogP contribution in [0.25, 0.3) is 11.4 Å². The monoisotopic (exact) mass is 301 g/mol. The van der Waals surface area contributed by atoms with Gasteiger partial charge in [-0.25, -0.2) is 9.37 Å². The number of hydrogen-bond donors (Lipinski definition) is 2. The molecule has 21 heavy (non-hydrogen) atoms. The standard InChI is InChI=1S/C13H11F4N3O/c1-6-4-9(21)20-12(19-6)10-8(13(15,16)17)3-2-7(5-18)11(10)14/h2-4H,5,18H2,1H3,(H,19,20,21). The second-order valence-electron chi connectivity index (χ2n) is 4.40. The Labute approximate surface area is 116 Å². The van der Waals surface area contributed by atoms with Gasteiger partial charge in [-0.3, -0.25) is 4.79 Å². The molecule has 0 saturated carbocycles. The fourth-order valence-electron chi connectivity index (χ4n) is 1.94. The Morgan fingerprint density at radius 2 is 2.00 bits per heavy atom. The number of nitrogens with one attached hydrogen (secondary N) is 1. The predicted molar refractivity (Wildman–Crippen MR) is 67.9 cm³/mol. The van der Waals surface area contributed by atoms with Crippen molar-refractivity contribution in [3.63, 3.8) is 0 Å². The number of aromatic nitrogens is 2. The molecule has 2 rings (SSSR count). The highest BCUT2D eigenvalue weighted by Crippen LogP contribution is 2.38. The molecule has 1 aromatic carbocycles. The van der Waals surface area contributed by atoms with Crippen molar-refractivity contribution in [1.82, 2.24) is 9.97 Å². The van der Waals surface area contributed by atoms with Gasteiger partial charge in [-0.1, -0.05) is 6.07 Å². The third-order valence-corrected chi connectivity index (χ3v) is 2.85. The highest BCUT2D eigenvalue weighted by Gasteiger charge is 2.36. The first-order valence-corrected chi connectivity index (χ1v) is 5.91. The zero-order valence-corrected chi connectivity index (χ0v) is 10.9. The molecule has 0 aliphatic rings. The van der Waals surface area contributed by atoms with E-state index in [0.29, 0.717) is 0 Å². The van der Waals surface area contributed by atoms with E-state index in [0.717, 1.165) is 18.2 Å². The Balaban J connectivity index is 2.84. The molecule has 0 aliphatic carbocycles. The van der Waals surface area contributed by atoms with E-state index in [4.69, 9.17) is 5.73 Å². The summed E-state index contributed by atoms with van der Waals surface area (Å²) < 4.78 is 53.4. The largest absolute Gasteiger partial charge is 0.417 e. The molecule has 1 heterocycles. The first-order valence-electron chi connectivity index (χ1n) is 5.91. The maximum absolute atomic E-state index is 14.3. The molecule has 0 radical (unpaired) electrons. The minimum Gasteiger partial charge on any atom is -0.326 e. The molecule has 0 spiro atoms. The molecule has 0 bridgehead atoms. The molecule has 0 amide bonds. The van der Waals surface area contributed by atoms with E-state index in [1.54, 1.807) is 0 Å². The van der Waals surface area contributed by atoms with Gasteiger partial charge >= 0.3 is 6.18 Å². The van der Waals surface area contributed by atoms with E-state index in [1.165, 1.54) is 6.92 Å². The molecule has 4 nitrogen and oxygen atoms in total. The zero-order valence-electron chi connectivity index (χ0n) is 10.9. The van der Waals surface area contributed by atoms with Gasteiger partial charge in [-0.2, -0.15) is 13.2 Å². The van der Waals surface area contributed by atoms with Crippen molar-refractivity contribution in [1.29, 1.82) is 0 Å². The van der Waals surface area contributed by atoms with Crippen molar-refractivity contribution in [2.45, 2.75) is 19.6 Å². The van der Waals surface area contributed by atoms with Crippen molar-refractivity contribution >= 4 is 0 Å². The number of aromatic amines is 1. The average molecular weight is 301 g/mol. The van der Waals surface area contributed by atoms with E-state index in [-0.39, 0.29) is 17.8 Å². The van der Waals surface area contributed by atoms with Crippen LogP contribution in [0.1, 0.15) is 16.8 Å². The van der Waals surface area contributed by atoms with Gasteiger partial charge in [0.2, 0.25) is 0 Å². The topological polar surface area (TPSA) is 71.8 Å². The molecule has 0 fully saturated rings. The predicted octanol–water partition coefficient (Wildman–Crippen LogP) is 2.36. The van der Waals surface area contributed by atoms with Gasteiger partial charge in [0.1, 0.15) is 11.6 Å². The molecular weight excluding hydrogens is 290 g/mol. The van der Waals surface area contributed by atoms with Crippen molar-refractivity contribution < 1.29 is 17.6 Å². The van der Waals surface area contributed by atoms with Crippen molar-refractivity contribution in [3.8, 4) is 11.4 Å². The Morgan fingerprint density at radius 1 is 1.33 bits per heavy atom. The lowest BCUT2D eigenvalue weighted by molar-refractivity contribution is -0.137. The van der Waals surface area contributed by atoms with E-state index in [2.05, 4.69) is 9.97 Å². The second-order valence-corrected chi connectivity index (χ2v) is 4.40. The van der Waals surface area contributed by atoms with Gasteiger partial charge in [-0.15, -0.1) is 0 Å². The second kappa shape index (κ2) is 5.28. The number of H-pyrrole nitrogens is 1. The first-order chi connectivity index (χ1) is 9.74. The number of alkyl halides is 3. The summed E-state index contributed by atoms with van der Waals surface area (Å²) in [6.45, 7) is 1.16. The normalized spacial score (nSPS) is 11.7. The van der Waals surface area contributed by atoms with Crippen LogP contribution < -0.4 is 11.3 Å². The van der Waals surface area contributed by atoms with Crippen LogP contribution in [0.3, 0.4) is 0 Å². The molecule has 112 valence electrons. The fraction of sp³-hybridized carbons (Fsp3) is 0.231. The summed E-state index contributed by atoms with van der Waals surface area (Å²) >= 11 is 0. The van der Waals surface area contributed by atoms with Gasteiger partial charge in [0, 0.05) is 23.9 Å². The number of hydrogen-bond acceptors (Lipinski definition) is 3. The van der Waals surface area contributed by atoms with Gasteiger partial charge in [0.15, 0.2) is 0 Å². The Kier molecular flexibility index (Phi) is 3.82. The van der Waals surface area contributed by atoms with Crippen molar-refractivity contribution in [2.75, 3.05) is 0 Å². The number of rotatable bonds is 2.